The molecule has 0 fully saturated rings. The zero-order valence-corrected chi connectivity index (χ0v) is 29.5. The Morgan fingerprint density at radius 2 is 0.875 bits per heavy atom. The summed E-state index contributed by atoms with van der Waals surface area (Å²) in [6.07, 6.45) is 0. The van der Waals surface area contributed by atoms with Gasteiger partial charge in [-0.1, -0.05) is 182 Å². The highest BCUT2D eigenvalue weighted by atomic mass is 15.2. The summed E-state index contributed by atoms with van der Waals surface area (Å²) < 4.78 is 91.5. The Balaban J connectivity index is 1.34. The lowest BCUT2D eigenvalue weighted by atomic mass is 9.98. The van der Waals surface area contributed by atoms with Crippen LogP contribution in [-0.4, -0.2) is 24.1 Å². The largest absolute Gasteiger partial charge is 0.307 e. The van der Waals surface area contributed by atoms with Gasteiger partial charge in [-0.05, 0) is 34.9 Å². The zero-order chi connectivity index (χ0) is 45.7. The third-order valence-corrected chi connectivity index (χ3v) is 10.2. The number of benzene rings is 8. The Morgan fingerprint density at radius 1 is 0.375 bits per heavy atom. The molecule has 0 bridgehead atoms. The molecule has 0 aliphatic rings. The normalized spacial score (nSPS) is 14.1. The number of nitrogens with zero attached hydrogens (tertiary/aromatic N) is 5. The van der Waals surface area contributed by atoms with Gasteiger partial charge in [0.1, 0.15) is 0 Å². The van der Waals surface area contributed by atoms with E-state index in [2.05, 4.69) is 6.07 Å². The minimum Gasteiger partial charge on any atom is -0.307 e. The summed E-state index contributed by atoms with van der Waals surface area (Å²) in [5, 5.41) is 3.38. The first-order chi connectivity index (χ1) is 31.9. The second kappa shape index (κ2) is 13.0. The maximum absolute atomic E-state index is 9.18. The zero-order valence-electron chi connectivity index (χ0n) is 39.5. The van der Waals surface area contributed by atoms with Gasteiger partial charge in [0.15, 0.2) is 11.6 Å². The van der Waals surface area contributed by atoms with Crippen LogP contribution >= 0.6 is 0 Å². The third kappa shape index (κ3) is 5.13. The Morgan fingerprint density at radius 3 is 1.46 bits per heavy atom. The lowest BCUT2D eigenvalue weighted by Gasteiger charge is -2.17. The van der Waals surface area contributed by atoms with Gasteiger partial charge in [-0.25, -0.2) is 4.98 Å². The topological polar surface area (TPSA) is 48.5 Å². The number of hydrogen-bond acceptors (Lipinski definition) is 3. The molecule has 3 heterocycles. The van der Waals surface area contributed by atoms with Crippen LogP contribution in [0.15, 0.2) is 200 Å². The molecule has 262 valence electrons. The molecule has 0 unspecified atom stereocenters. The van der Waals surface area contributed by atoms with Crippen LogP contribution in [0.4, 0.5) is 0 Å². The van der Waals surface area contributed by atoms with Crippen LogP contribution in [0.2, 0.25) is 0 Å². The number of fused-ring (bicyclic) bond motifs is 7. The van der Waals surface area contributed by atoms with E-state index < -0.39 is 60.4 Å². The van der Waals surface area contributed by atoms with Crippen LogP contribution in [0, 0.1) is 0 Å². The van der Waals surface area contributed by atoms with Crippen molar-refractivity contribution in [1.82, 2.24) is 24.1 Å². The molecule has 5 heteroatoms. The summed E-state index contributed by atoms with van der Waals surface area (Å²) in [7, 11) is 0. The second-order valence-electron chi connectivity index (χ2n) is 13.3. The monoisotopic (exact) mass is 725 g/mol. The molecule has 0 N–H and O–H groups in total. The van der Waals surface area contributed by atoms with E-state index in [1.807, 2.05) is 124 Å². The molecular weight excluding hydrogens is 683 g/mol. The van der Waals surface area contributed by atoms with Crippen molar-refractivity contribution in [3.63, 3.8) is 0 Å². The fourth-order valence-corrected chi connectivity index (χ4v) is 7.72. The maximum Gasteiger partial charge on any atom is 0.238 e. The summed E-state index contributed by atoms with van der Waals surface area (Å²) in [4.78, 5) is 15.3. The van der Waals surface area contributed by atoms with E-state index in [1.54, 1.807) is 18.2 Å². The summed E-state index contributed by atoms with van der Waals surface area (Å²) in [6.45, 7) is 0. The first-order valence-electron chi connectivity index (χ1n) is 23.1. The second-order valence-corrected chi connectivity index (χ2v) is 13.3. The number of rotatable bonds is 6. The van der Waals surface area contributed by atoms with Gasteiger partial charge in [0.2, 0.25) is 5.95 Å². The van der Waals surface area contributed by atoms with Gasteiger partial charge >= 0.3 is 0 Å². The van der Waals surface area contributed by atoms with Crippen LogP contribution in [-0.2, 0) is 0 Å². The molecular formula is C51H33N5. The van der Waals surface area contributed by atoms with Crippen molar-refractivity contribution in [2.45, 2.75) is 0 Å². The molecule has 11 rings (SSSR count). The number of para-hydroxylation sites is 2. The lowest BCUT2D eigenvalue weighted by Crippen LogP contribution is -2.07. The Kier molecular flexibility index (Phi) is 5.41. The van der Waals surface area contributed by atoms with Crippen molar-refractivity contribution in [3.05, 3.63) is 200 Å². The fourth-order valence-electron chi connectivity index (χ4n) is 7.72. The SMILES string of the molecule is [2H]c1c([2H])c([2H])c(-c2ccc(-c3c([2H])c([2H])c([2H])c([2H])c3[2H])c(-n3c4ccccc4c4ccc5c6ccccc6n(-c6nc(-c7ccccc7)nc(-c7ccccc7)n6)c5c43)c2)c([2H])c1[2H]. The van der Waals surface area contributed by atoms with Crippen molar-refractivity contribution >= 4 is 43.6 Å². The molecule has 0 aliphatic heterocycles. The number of hydrogen-bond donors (Lipinski definition) is 0. The number of aromatic nitrogens is 5. The standard InChI is InChI=1S/C51H33N5/c1-5-17-34(18-6-1)38-29-30-39(35-19-7-2-8-20-35)46(33-38)55-44-27-15-13-25-40(44)42-31-32-43-41-26-14-16-28-45(41)56(48(43)47(42)55)51-53-49(36-21-9-3-10-22-36)52-50(54-51)37-23-11-4-12-24-37/h1-33H/i1D,2D,5D,6D,7D,8D,17D,18D,19D,20D. The highest BCUT2D eigenvalue weighted by Gasteiger charge is 2.24. The van der Waals surface area contributed by atoms with E-state index in [0.29, 0.717) is 39.8 Å². The van der Waals surface area contributed by atoms with Gasteiger partial charge in [0.25, 0.3) is 0 Å². The lowest BCUT2D eigenvalue weighted by molar-refractivity contribution is 0.953. The van der Waals surface area contributed by atoms with Gasteiger partial charge in [0.05, 0.1) is 41.5 Å². The van der Waals surface area contributed by atoms with Crippen LogP contribution in [0.5, 0.6) is 0 Å². The van der Waals surface area contributed by atoms with Crippen molar-refractivity contribution < 1.29 is 13.7 Å². The van der Waals surface area contributed by atoms with Crippen LogP contribution in [0.3, 0.4) is 0 Å². The molecule has 0 atom stereocenters. The maximum atomic E-state index is 9.18. The van der Waals surface area contributed by atoms with Gasteiger partial charge in [-0.2, -0.15) is 9.97 Å². The molecule has 8 aromatic carbocycles. The Hall–Kier alpha value is -7.63. The van der Waals surface area contributed by atoms with E-state index >= 15 is 0 Å². The smallest absolute Gasteiger partial charge is 0.238 e. The first-order valence-corrected chi connectivity index (χ1v) is 18.1. The Labute approximate surface area is 337 Å². The summed E-state index contributed by atoms with van der Waals surface area (Å²) in [5.74, 6) is 1.23. The summed E-state index contributed by atoms with van der Waals surface area (Å²) in [6, 6.07) is 39.1. The van der Waals surface area contributed by atoms with Crippen LogP contribution in [0.1, 0.15) is 13.7 Å². The molecule has 0 amide bonds. The van der Waals surface area contributed by atoms with E-state index in [-0.39, 0.29) is 22.3 Å². The van der Waals surface area contributed by atoms with Crippen LogP contribution in [0.25, 0.3) is 100 Å². The van der Waals surface area contributed by atoms with E-state index in [0.717, 1.165) is 38.2 Å². The van der Waals surface area contributed by atoms with Crippen molar-refractivity contribution in [1.29, 1.82) is 0 Å². The molecule has 56 heavy (non-hydrogen) atoms. The minimum atomic E-state index is -0.545. The first kappa shape index (κ1) is 23.2. The van der Waals surface area contributed by atoms with Crippen molar-refractivity contribution in [2.24, 2.45) is 0 Å². The molecule has 0 aliphatic carbocycles. The Bertz CT molecular complexity index is 3720. The summed E-state index contributed by atoms with van der Waals surface area (Å²) in [5.41, 5.74) is 5.11. The van der Waals surface area contributed by atoms with Crippen molar-refractivity contribution in [3.8, 4) is 56.7 Å². The van der Waals surface area contributed by atoms with Crippen molar-refractivity contribution in [2.75, 3.05) is 0 Å². The predicted molar refractivity (Wildman–Crippen MR) is 230 cm³/mol. The predicted octanol–water partition coefficient (Wildman–Crippen LogP) is 12.7. The minimum absolute atomic E-state index is 0.0537. The molecule has 0 saturated carbocycles. The highest BCUT2D eigenvalue weighted by molar-refractivity contribution is 6.24. The van der Waals surface area contributed by atoms with E-state index in [4.69, 9.17) is 25.9 Å². The average molecular weight is 726 g/mol. The van der Waals surface area contributed by atoms with Gasteiger partial charge in [0, 0.05) is 38.2 Å². The van der Waals surface area contributed by atoms with Gasteiger partial charge < -0.3 is 4.57 Å². The molecule has 11 aromatic rings. The highest BCUT2D eigenvalue weighted by Crippen LogP contribution is 2.44. The quantitative estimate of drug-likeness (QED) is 0.171. The van der Waals surface area contributed by atoms with Gasteiger partial charge in [-0.3, -0.25) is 4.57 Å². The third-order valence-electron chi connectivity index (χ3n) is 10.2. The molecule has 0 radical (unpaired) electrons. The van der Waals surface area contributed by atoms with Crippen LogP contribution < -0.4 is 0 Å². The van der Waals surface area contributed by atoms with E-state index in [1.165, 1.54) is 0 Å². The molecule has 0 saturated heterocycles. The van der Waals surface area contributed by atoms with Gasteiger partial charge in [-0.15, -0.1) is 0 Å². The molecule has 0 spiro atoms. The average Bonchev–Trinajstić information content (AvgIpc) is 3.88. The molecule has 5 nitrogen and oxygen atoms in total. The fraction of sp³-hybridized carbons (Fsp3) is 0. The van der Waals surface area contributed by atoms with E-state index in [9.17, 15) is 2.74 Å². The summed E-state index contributed by atoms with van der Waals surface area (Å²) >= 11 is 0. The molecule has 3 aromatic heterocycles.